The number of halogens is 1. The summed E-state index contributed by atoms with van der Waals surface area (Å²) in [6, 6.07) is 5.51. The predicted octanol–water partition coefficient (Wildman–Crippen LogP) is 1.97. The van der Waals surface area contributed by atoms with Crippen LogP contribution < -0.4 is 15.4 Å². The summed E-state index contributed by atoms with van der Waals surface area (Å²) in [5.41, 5.74) is 0.927. The van der Waals surface area contributed by atoms with Gasteiger partial charge in [0.2, 0.25) is 0 Å². The van der Waals surface area contributed by atoms with Gasteiger partial charge >= 0.3 is 0 Å². The van der Waals surface area contributed by atoms with Crippen molar-refractivity contribution in [3.8, 4) is 18.1 Å². The minimum absolute atomic E-state index is 0.105. The van der Waals surface area contributed by atoms with Crippen LogP contribution >= 0.6 is 11.6 Å². The van der Waals surface area contributed by atoms with Crippen LogP contribution in [0, 0.1) is 12.3 Å². The largest absolute Gasteiger partial charge is 0.482 e. The smallest absolute Gasteiger partial charge is 0.258 e. The lowest BCUT2D eigenvalue weighted by molar-refractivity contribution is -0.122. The molecule has 0 aromatic heterocycles. The van der Waals surface area contributed by atoms with Crippen LogP contribution in [0.1, 0.15) is 18.9 Å². The molecule has 0 radical (unpaired) electrons. The molecule has 0 unspecified atom stereocenters. The summed E-state index contributed by atoms with van der Waals surface area (Å²) in [7, 11) is 0. The molecule has 1 aromatic rings. The number of rotatable bonds is 8. The lowest BCUT2D eigenvalue weighted by Crippen LogP contribution is -2.29. The van der Waals surface area contributed by atoms with Gasteiger partial charge in [-0.3, -0.25) is 4.79 Å². The number of ether oxygens (including phenoxy) is 1. The van der Waals surface area contributed by atoms with Crippen molar-refractivity contribution >= 4 is 17.5 Å². The van der Waals surface area contributed by atoms with Gasteiger partial charge in [-0.05, 0) is 19.0 Å². The van der Waals surface area contributed by atoms with Gasteiger partial charge in [-0.15, -0.1) is 6.42 Å². The molecule has 20 heavy (non-hydrogen) atoms. The van der Waals surface area contributed by atoms with E-state index in [-0.39, 0.29) is 19.1 Å². The Morgan fingerprint density at radius 3 is 3.00 bits per heavy atom. The Morgan fingerprint density at radius 1 is 1.50 bits per heavy atom. The highest BCUT2D eigenvalue weighted by molar-refractivity contribution is 6.32. The summed E-state index contributed by atoms with van der Waals surface area (Å²) >= 11 is 6.11. The Labute approximate surface area is 124 Å². The summed E-state index contributed by atoms with van der Waals surface area (Å²) in [6.07, 6.45) is 6.11. The fraction of sp³-hybridized carbons (Fsp3) is 0.400. The van der Waals surface area contributed by atoms with E-state index in [1.807, 2.05) is 12.1 Å². The number of para-hydroxylation sites is 1. The SMILES string of the molecule is C#CCNC(=O)COc1c(Cl)cccc1CNCCC. The maximum Gasteiger partial charge on any atom is 0.258 e. The number of carbonyl (C=O) groups excluding carboxylic acids is 1. The molecule has 0 spiro atoms. The average Bonchev–Trinajstić information content (AvgIpc) is 2.44. The van der Waals surface area contributed by atoms with Crippen molar-refractivity contribution in [3.05, 3.63) is 28.8 Å². The summed E-state index contributed by atoms with van der Waals surface area (Å²) in [5, 5.41) is 6.30. The van der Waals surface area contributed by atoms with E-state index in [1.165, 1.54) is 0 Å². The highest BCUT2D eigenvalue weighted by atomic mass is 35.5. The van der Waals surface area contributed by atoms with Crippen molar-refractivity contribution in [2.75, 3.05) is 19.7 Å². The molecule has 0 aliphatic rings. The molecular weight excluding hydrogens is 276 g/mol. The van der Waals surface area contributed by atoms with Crippen molar-refractivity contribution in [2.24, 2.45) is 0 Å². The summed E-state index contributed by atoms with van der Waals surface area (Å²) in [4.78, 5) is 11.5. The molecule has 4 nitrogen and oxygen atoms in total. The van der Waals surface area contributed by atoms with Gasteiger partial charge in [-0.25, -0.2) is 0 Å². The highest BCUT2D eigenvalue weighted by Gasteiger charge is 2.10. The van der Waals surface area contributed by atoms with Crippen LogP contribution in [0.25, 0.3) is 0 Å². The normalized spacial score (nSPS) is 9.85. The van der Waals surface area contributed by atoms with E-state index in [1.54, 1.807) is 6.07 Å². The Bertz CT molecular complexity index is 483. The third-order valence-corrected chi connectivity index (χ3v) is 2.82. The first-order valence-corrected chi connectivity index (χ1v) is 6.87. The first-order chi connectivity index (χ1) is 9.69. The van der Waals surface area contributed by atoms with Gasteiger partial charge in [0.25, 0.3) is 5.91 Å². The molecule has 1 amide bonds. The molecule has 0 aliphatic heterocycles. The van der Waals surface area contributed by atoms with Crippen LogP contribution in [-0.4, -0.2) is 25.6 Å². The number of terminal acetylenes is 1. The molecule has 0 saturated carbocycles. The number of hydrogen-bond acceptors (Lipinski definition) is 3. The van der Waals surface area contributed by atoms with Crippen LogP contribution in [0.3, 0.4) is 0 Å². The molecule has 1 aromatic carbocycles. The van der Waals surface area contributed by atoms with Crippen LogP contribution in [0.15, 0.2) is 18.2 Å². The fourth-order valence-electron chi connectivity index (χ4n) is 1.59. The minimum atomic E-state index is -0.268. The zero-order valence-corrected chi connectivity index (χ0v) is 12.3. The van der Waals surface area contributed by atoms with Gasteiger partial charge < -0.3 is 15.4 Å². The second kappa shape index (κ2) is 9.24. The van der Waals surface area contributed by atoms with Crippen molar-refractivity contribution in [2.45, 2.75) is 19.9 Å². The molecule has 2 N–H and O–H groups in total. The van der Waals surface area contributed by atoms with E-state index in [0.717, 1.165) is 18.5 Å². The Kier molecular flexibility index (Phi) is 7.56. The zero-order valence-electron chi connectivity index (χ0n) is 11.5. The molecule has 0 bridgehead atoms. The number of hydrogen-bond donors (Lipinski definition) is 2. The van der Waals surface area contributed by atoms with Gasteiger partial charge in [0.1, 0.15) is 5.75 Å². The Hall–Kier alpha value is -1.70. The molecule has 1 rings (SSSR count). The number of nitrogens with one attached hydrogen (secondary N) is 2. The topological polar surface area (TPSA) is 50.4 Å². The molecule has 0 fully saturated rings. The van der Waals surface area contributed by atoms with E-state index in [9.17, 15) is 4.79 Å². The van der Waals surface area contributed by atoms with E-state index < -0.39 is 0 Å². The van der Waals surface area contributed by atoms with E-state index in [2.05, 4.69) is 23.5 Å². The lowest BCUT2D eigenvalue weighted by atomic mass is 10.2. The molecular formula is C15H19ClN2O2. The monoisotopic (exact) mass is 294 g/mol. The van der Waals surface area contributed by atoms with Crippen molar-refractivity contribution in [1.29, 1.82) is 0 Å². The van der Waals surface area contributed by atoms with Crippen molar-refractivity contribution in [1.82, 2.24) is 10.6 Å². The molecule has 0 aliphatic carbocycles. The molecule has 5 heteroatoms. The van der Waals surface area contributed by atoms with Crippen molar-refractivity contribution in [3.63, 3.8) is 0 Å². The maximum atomic E-state index is 11.5. The van der Waals surface area contributed by atoms with Crippen LogP contribution in [0.4, 0.5) is 0 Å². The Morgan fingerprint density at radius 2 is 2.30 bits per heavy atom. The van der Waals surface area contributed by atoms with Crippen LogP contribution in [0.2, 0.25) is 5.02 Å². The van der Waals surface area contributed by atoms with Gasteiger partial charge in [0.15, 0.2) is 6.61 Å². The fourth-order valence-corrected chi connectivity index (χ4v) is 1.84. The van der Waals surface area contributed by atoms with E-state index in [4.69, 9.17) is 22.8 Å². The second-order valence-electron chi connectivity index (χ2n) is 4.17. The predicted molar refractivity (Wildman–Crippen MR) is 80.8 cm³/mol. The van der Waals surface area contributed by atoms with Gasteiger partial charge in [0, 0.05) is 12.1 Å². The van der Waals surface area contributed by atoms with Gasteiger partial charge in [-0.1, -0.05) is 36.6 Å². The minimum Gasteiger partial charge on any atom is -0.482 e. The molecule has 0 heterocycles. The molecule has 0 saturated heterocycles. The number of carbonyl (C=O) groups is 1. The van der Waals surface area contributed by atoms with E-state index in [0.29, 0.717) is 17.3 Å². The standard InChI is InChI=1S/C15H19ClN2O2/c1-3-8-17-10-12-6-5-7-13(16)15(12)20-11-14(19)18-9-4-2/h2,5-7,17H,3,8-11H2,1H3,(H,18,19). The first kappa shape index (κ1) is 16.4. The number of benzene rings is 1. The Balaban J connectivity index is 2.63. The first-order valence-electron chi connectivity index (χ1n) is 6.50. The van der Waals surface area contributed by atoms with Crippen molar-refractivity contribution < 1.29 is 9.53 Å². The molecule has 108 valence electrons. The average molecular weight is 295 g/mol. The third kappa shape index (κ3) is 5.52. The third-order valence-electron chi connectivity index (χ3n) is 2.53. The molecule has 0 atom stereocenters. The summed E-state index contributed by atoms with van der Waals surface area (Å²) in [6.45, 7) is 3.74. The second-order valence-corrected chi connectivity index (χ2v) is 4.58. The lowest BCUT2D eigenvalue weighted by Gasteiger charge is -2.13. The highest BCUT2D eigenvalue weighted by Crippen LogP contribution is 2.28. The van der Waals surface area contributed by atoms with E-state index >= 15 is 0 Å². The summed E-state index contributed by atoms with van der Waals surface area (Å²) in [5.74, 6) is 2.60. The summed E-state index contributed by atoms with van der Waals surface area (Å²) < 4.78 is 5.50. The van der Waals surface area contributed by atoms with Crippen LogP contribution in [-0.2, 0) is 11.3 Å². The van der Waals surface area contributed by atoms with Gasteiger partial charge in [-0.2, -0.15) is 0 Å². The maximum absolute atomic E-state index is 11.5. The quantitative estimate of drug-likeness (QED) is 0.569. The van der Waals surface area contributed by atoms with Gasteiger partial charge in [0.05, 0.1) is 11.6 Å². The zero-order chi connectivity index (χ0) is 14.8. The van der Waals surface area contributed by atoms with Crippen LogP contribution in [0.5, 0.6) is 5.75 Å². The number of amides is 1.